The lowest BCUT2D eigenvalue weighted by atomic mass is 10.2. The second-order valence-electron chi connectivity index (χ2n) is 5.24. The van der Waals surface area contributed by atoms with E-state index in [1.54, 1.807) is 18.2 Å². The summed E-state index contributed by atoms with van der Waals surface area (Å²) in [7, 11) is 0. The van der Waals surface area contributed by atoms with Gasteiger partial charge in [-0.15, -0.1) is 0 Å². The van der Waals surface area contributed by atoms with Crippen molar-refractivity contribution in [3.05, 3.63) is 68.9 Å². The van der Waals surface area contributed by atoms with Crippen LogP contribution in [0.3, 0.4) is 0 Å². The Morgan fingerprint density at radius 2 is 2.00 bits per heavy atom. The zero-order chi connectivity index (χ0) is 18.7. The fourth-order valence-electron chi connectivity index (χ4n) is 2.18. The van der Waals surface area contributed by atoms with Crippen molar-refractivity contribution in [3.63, 3.8) is 0 Å². The van der Waals surface area contributed by atoms with Crippen LogP contribution in [0.5, 0.6) is 5.75 Å². The molecule has 0 fully saturated rings. The van der Waals surface area contributed by atoms with Gasteiger partial charge in [-0.2, -0.15) is 0 Å². The number of amides is 1. The highest BCUT2D eigenvalue weighted by Crippen LogP contribution is 2.39. The van der Waals surface area contributed by atoms with Crippen molar-refractivity contribution in [2.75, 3.05) is 11.9 Å². The summed E-state index contributed by atoms with van der Waals surface area (Å²) in [4.78, 5) is 33.8. The largest absolute Gasteiger partial charge is 0.422 e. The average Bonchev–Trinajstić information content (AvgIpc) is 2.57. The summed E-state index contributed by atoms with van der Waals surface area (Å²) in [5.41, 5.74) is 1.20. The monoisotopic (exact) mass is 374 g/mol. The van der Waals surface area contributed by atoms with Gasteiger partial charge in [0, 0.05) is 9.82 Å². The highest BCUT2D eigenvalue weighted by atomic mass is 32.2. The smallest absolute Gasteiger partial charge is 0.383 e. The van der Waals surface area contributed by atoms with Gasteiger partial charge in [-0.25, -0.2) is 9.18 Å². The minimum Gasteiger partial charge on any atom is -0.422 e. The van der Waals surface area contributed by atoms with Gasteiger partial charge in [-0.05, 0) is 42.0 Å². The lowest BCUT2D eigenvalue weighted by Crippen LogP contribution is -2.19. The van der Waals surface area contributed by atoms with Gasteiger partial charge >= 0.3 is 5.97 Å². The Morgan fingerprint density at radius 1 is 1.27 bits per heavy atom. The molecule has 26 heavy (non-hydrogen) atoms. The van der Waals surface area contributed by atoms with Gasteiger partial charge in [-0.1, -0.05) is 23.9 Å². The number of nitro groups is 1. The van der Waals surface area contributed by atoms with Crippen LogP contribution in [0.15, 0.2) is 52.3 Å². The van der Waals surface area contributed by atoms with Crippen LogP contribution in [0, 0.1) is 15.9 Å². The SMILES string of the molecule is O=C(C[N+](=O)[O-])Oc1ccc(/C=C2\Sc3cc(F)ccc3NC2=O)cc1. The third kappa shape index (κ3) is 4.25. The van der Waals surface area contributed by atoms with Crippen LogP contribution < -0.4 is 10.1 Å². The van der Waals surface area contributed by atoms with E-state index in [9.17, 15) is 24.1 Å². The van der Waals surface area contributed by atoms with Crippen LogP contribution in [0.25, 0.3) is 6.08 Å². The molecule has 1 amide bonds. The number of fused-ring (bicyclic) bond motifs is 1. The third-order valence-electron chi connectivity index (χ3n) is 3.30. The molecule has 0 aromatic heterocycles. The number of anilines is 1. The van der Waals surface area contributed by atoms with Gasteiger partial charge in [0.15, 0.2) is 0 Å². The number of thioether (sulfide) groups is 1. The van der Waals surface area contributed by atoms with E-state index in [2.05, 4.69) is 5.32 Å². The first kappa shape index (κ1) is 17.6. The normalized spacial score (nSPS) is 14.5. The molecule has 2 aromatic carbocycles. The highest BCUT2D eigenvalue weighted by Gasteiger charge is 2.21. The summed E-state index contributed by atoms with van der Waals surface area (Å²) in [5.74, 6) is -1.52. The van der Waals surface area contributed by atoms with Crippen molar-refractivity contribution in [2.45, 2.75) is 4.90 Å². The maximum atomic E-state index is 13.3. The molecule has 0 atom stereocenters. The van der Waals surface area contributed by atoms with Crippen molar-refractivity contribution in [3.8, 4) is 5.75 Å². The van der Waals surface area contributed by atoms with Crippen LogP contribution in [0.1, 0.15) is 5.56 Å². The number of esters is 1. The van der Waals surface area contributed by atoms with E-state index in [0.29, 0.717) is 21.1 Å². The number of nitrogens with one attached hydrogen (secondary N) is 1. The maximum absolute atomic E-state index is 13.3. The molecule has 0 unspecified atom stereocenters. The molecule has 1 aliphatic rings. The first-order valence-corrected chi connectivity index (χ1v) is 8.15. The number of rotatable bonds is 4. The predicted molar refractivity (Wildman–Crippen MR) is 92.8 cm³/mol. The van der Waals surface area contributed by atoms with E-state index < -0.39 is 23.3 Å². The molecule has 1 heterocycles. The fourth-order valence-corrected chi connectivity index (χ4v) is 3.16. The van der Waals surface area contributed by atoms with Gasteiger partial charge in [0.05, 0.1) is 10.6 Å². The number of nitrogens with zero attached hydrogens (tertiary/aromatic N) is 1. The van der Waals surface area contributed by atoms with Gasteiger partial charge in [0.2, 0.25) is 0 Å². The molecule has 7 nitrogen and oxygen atoms in total. The molecule has 0 aliphatic carbocycles. The van der Waals surface area contributed by atoms with E-state index in [1.807, 2.05) is 0 Å². The van der Waals surface area contributed by atoms with Crippen LogP contribution in [-0.2, 0) is 9.59 Å². The maximum Gasteiger partial charge on any atom is 0.383 e. The van der Waals surface area contributed by atoms with Gasteiger partial charge in [-0.3, -0.25) is 14.9 Å². The van der Waals surface area contributed by atoms with Crippen molar-refractivity contribution < 1.29 is 23.6 Å². The Hall–Kier alpha value is -3.20. The zero-order valence-corrected chi connectivity index (χ0v) is 13.9. The van der Waals surface area contributed by atoms with Gasteiger partial charge in [0.1, 0.15) is 11.6 Å². The van der Waals surface area contributed by atoms with Crippen molar-refractivity contribution in [1.82, 2.24) is 0 Å². The Balaban J connectivity index is 1.74. The molecular weight excluding hydrogens is 363 g/mol. The molecule has 132 valence electrons. The highest BCUT2D eigenvalue weighted by molar-refractivity contribution is 8.04. The lowest BCUT2D eigenvalue weighted by molar-refractivity contribution is -0.469. The fraction of sp³-hybridized carbons (Fsp3) is 0.0588. The summed E-state index contributed by atoms with van der Waals surface area (Å²) in [6, 6.07) is 10.2. The quantitative estimate of drug-likeness (QED) is 0.290. The minimum absolute atomic E-state index is 0.159. The molecule has 1 N–H and O–H groups in total. The Bertz CT molecular complexity index is 927. The number of halogens is 1. The molecule has 0 spiro atoms. The molecule has 3 rings (SSSR count). The topological polar surface area (TPSA) is 98.5 Å². The Morgan fingerprint density at radius 3 is 2.69 bits per heavy atom. The molecule has 1 aliphatic heterocycles. The van der Waals surface area contributed by atoms with Crippen LogP contribution >= 0.6 is 11.8 Å². The second kappa shape index (κ2) is 7.36. The molecule has 0 radical (unpaired) electrons. The molecule has 0 bridgehead atoms. The standard InChI is InChI=1S/C17H11FN2O5S/c18-11-3-6-13-14(8-11)26-15(17(22)19-13)7-10-1-4-12(5-2-10)25-16(21)9-20(23)24/h1-8H,9H2,(H,19,22)/b15-7-. The van der Waals surface area contributed by atoms with Crippen molar-refractivity contribution in [2.24, 2.45) is 0 Å². The number of carbonyl (C=O) groups is 2. The Labute approximate surface area is 151 Å². The van der Waals surface area contributed by atoms with Crippen molar-refractivity contribution in [1.29, 1.82) is 0 Å². The van der Waals surface area contributed by atoms with Gasteiger partial charge in [0.25, 0.3) is 12.5 Å². The minimum atomic E-state index is -0.970. The average molecular weight is 374 g/mol. The number of hydrogen-bond acceptors (Lipinski definition) is 6. The number of ether oxygens (including phenoxy) is 1. The zero-order valence-electron chi connectivity index (χ0n) is 13.1. The summed E-state index contributed by atoms with van der Waals surface area (Å²) in [5, 5.41) is 12.9. The van der Waals surface area contributed by atoms with Crippen LogP contribution in [0.4, 0.5) is 10.1 Å². The van der Waals surface area contributed by atoms with Gasteiger partial charge < -0.3 is 10.1 Å². The molecule has 9 heteroatoms. The predicted octanol–water partition coefficient (Wildman–Crippen LogP) is 3.09. The summed E-state index contributed by atoms with van der Waals surface area (Å²) in [6.45, 7) is -0.918. The van der Waals surface area contributed by atoms with E-state index >= 15 is 0 Å². The molecular formula is C17H11FN2O5S. The molecule has 0 saturated carbocycles. The van der Waals surface area contributed by atoms with E-state index in [0.717, 1.165) is 11.8 Å². The molecule has 2 aromatic rings. The number of hydrogen-bond donors (Lipinski definition) is 1. The first-order chi connectivity index (χ1) is 12.4. The number of carbonyl (C=O) groups excluding carboxylic acids is 2. The van der Waals surface area contributed by atoms with Crippen LogP contribution in [-0.4, -0.2) is 23.3 Å². The first-order valence-electron chi connectivity index (χ1n) is 7.34. The second-order valence-corrected chi connectivity index (χ2v) is 6.32. The van der Waals surface area contributed by atoms with E-state index in [4.69, 9.17) is 4.74 Å². The summed E-state index contributed by atoms with van der Waals surface area (Å²) < 4.78 is 18.2. The Kier molecular flexibility index (Phi) is 4.99. The third-order valence-corrected chi connectivity index (χ3v) is 4.38. The lowest BCUT2D eigenvalue weighted by Gasteiger charge is -2.18. The number of benzene rings is 2. The van der Waals surface area contributed by atoms with Crippen LogP contribution in [0.2, 0.25) is 0 Å². The summed E-state index contributed by atoms with van der Waals surface area (Å²) in [6.07, 6.45) is 1.61. The van der Waals surface area contributed by atoms with Crippen molar-refractivity contribution >= 4 is 35.4 Å². The van der Waals surface area contributed by atoms with E-state index in [1.165, 1.54) is 30.3 Å². The summed E-state index contributed by atoms with van der Waals surface area (Å²) >= 11 is 1.14. The van der Waals surface area contributed by atoms with E-state index in [-0.39, 0.29) is 11.7 Å². The molecule has 0 saturated heterocycles.